The molecule has 0 radical (unpaired) electrons. The van der Waals surface area contributed by atoms with Crippen LogP contribution in [0.25, 0.3) is 0 Å². The third kappa shape index (κ3) is 6.75. The minimum Gasteiger partial charge on any atom is -0.497 e. The predicted molar refractivity (Wildman–Crippen MR) is 102 cm³/mol. The van der Waals surface area contributed by atoms with Crippen LogP contribution < -0.4 is 4.74 Å². The summed E-state index contributed by atoms with van der Waals surface area (Å²) in [5.41, 5.74) is 1.92. The van der Waals surface area contributed by atoms with Crippen molar-refractivity contribution < 1.29 is 24.2 Å². The van der Waals surface area contributed by atoms with Gasteiger partial charge in [0.1, 0.15) is 18.4 Å². The molecule has 2 rings (SSSR count). The molecule has 0 aliphatic heterocycles. The van der Waals surface area contributed by atoms with Gasteiger partial charge in [-0.1, -0.05) is 42.5 Å². The first-order valence-electron chi connectivity index (χ1n) is 8.78. The van der Waals surface area contributed by atoms with Gasteiger partial charge in [0.2, 0.25) is 0 Å². The van der Waals surface area contributed by atoms with Crippen molar-refractivity contribution in [2.75, 3.05) is 20.2 Å². The van der Waals surface area contributed by atoms with Crippen molar-refractivity contribution in [1.82, 2.24) is 4.90 Å². The van der Waals surface area contributed by atoms with E-state index in [1.165, 1.54) is 4.90 Å². The summed E-state index contributed by atoms with van der Waals surface area (Å²) >= 11 is 0. The molecular formula is C21H25NO5. The maximum atomic E-state index is 12.7. The third-order valence-electron chi connectivity index (χ3n) is 4.13. The van der Waals surface area contributed by atoms with E-state index in [9.17, 15) is 9.59 Å². The molecule has 6 heteroatoms. The maximum Gasteiger partial charge on any atom is 0.323 e. The zero-order chi connectivity index (χ0) is 19.6. The zero-order valence-electron chi connectivity index (χ0n) is 15.6. The Morgan fingerprint density at radius 2 is 1.78 bits per heavy atom. The quantitative estimate of drug-likeness (QED) is 0.695. The molecule has 144 valence electrons. The van der Waals surface area contributed by atoms with Gasteiger partial charge in [0.25, 0.3) is 5.91 Å². The van der Waals surface area contributed by atoms with Crippen molar-refractivity contribution in [2.24, 2.45) is 0 Å². The Balaban J connectivity index is 1.94. The maximum absolute atomic E-state index is 12.7. The van der Waals surface area contributed by atoms with Crippen LogP contribution in [0.3, 0.4) is 0 Å². The Bertz CT molecular complexity index is 747. The Morgan fingerprint density at radius 1 is 1.07 bits per heavy atom. The molecule has 1 amide bonds. The molecule has 0 bridgehead atoms. The zero-order valence-corrected chi connectivity index (χ0v) is 15.6. The second kappa shape index (κ2) is 10.3. The first kappa shape index (κ1) is 20.5. The lowest BCUT2D eigenvalue weighted by Gasteiger charge is -2.24. The molecule has 0 fully saturated rings. The van der Waals surface area contributed by atoms with E-state index in [-0.39, 0.29) is 19.1 Å². The van der Waals surface area contributed by atoms with E-state index < -0.39 is 12.1 Å². The molecule has 0 saturated carbocycles. The molecule has 6 nitrogen and oxygen atoms in total. The molecule has 2 aromatic carbocycles. The normalized spacial score (nSPS) is 11.6. The van der Waals surface area contributed by atoms with E-state index in [0.29, 0.717) is 18.7 Å². The Kier molecular flexibility index (Phi) is 7.82. The van der Waals surface area contributed by atoms with Crippen LogP contribution in [-0.2, 0) is 27.4 Å². The van der Waals surface area contributed by atoms with Gasteiger partial charge >= 0.3 is 5.97 Å². The van der Waals surface area contributed by atoms with Crippen molar-refractivity contribution in [3.05, 3.63) is 65.7 Å². The molecule has 0 aliphatic rings. The highest BCUT2D eigenvalue weighted by Gasteiger charge is 2.23. The van der Waals surface area contributed by atoms with E-state index in [0.717, 1.165) is 11.1 Å². The van der Waals surface area contributed by atoms with Crippen molar-refractivity contribution in [3.63, 3.8) is 0 Å². The molecule has 0 saturated heterocycles. The molecule has 0 heterocycles. The monoisotopic (exact) mass is 371 g/mol. The summed E-state index contributed by atoms with van der Waals surface area (Å²) in [7, 11) is 1.59. The number of rotatable bonds is 10. The molecule has 27 heavy (non-hydrogen) atoms. The van der Waals surface area contributed by atoms with Gasteiger partial charge in [-0.2, -0.15) is 0 Å². The highest BCUT2D eigenvalue weighted by molar-refractivity contribution is 5.84. The van der Waals surface area contributed by atoms with E-state index >= 15 is 0 Å². The largest absolute Gasteiger partial charge is 0.497 e. The topological polar surface area (TPSA) is 76.1 Å². The average molecular weight is 371 g/mol. The first-order valence-corrected chi connectivity index (χ1v) is 8.78. The van der Waals surface area contributed by atoms with E-state index in [2.05, 4.69) is 0 Å². The summed E-state index contributed by atoms with van der Waals surface area (Å²) in [5.74, 6) is -0.668. The highest BCUT2D eigenvalue weighted by atomic mass is 16.5. The lowest BCUT2D eigenvalue weighted by atomic mass is 10.1. The van der Waals surface area contributed by atoms with Gasteiger partial charge in [0.05, 0.1) is 13.7 Å². The van der Waals surface area contributed by atoms with Crippen LogP contribution >= 0.6 is 0 Å². The number of hydrogen-bond acceptors (Lipinski definition) is 4. The van der Waals surface area contributed by atoms with Crippen LogP contribution in [0.2, 0.25) is 0 Å². The number of amides is 1. The number of carboxylic acid groups (broad SMARTS) is 1. The van der Waals surface area contributed by atoms with Gasteiger partial charge in [-0.25, -0.2) is 0 Å². The van der Waals surface area contributed by atoms with Crippen LogP contribution in [0.5, 0.6) is 5.75 Å². The van der Waals surface area contributed by atoms with Gasteiger partial charge in [-0.3, -0.25) is 9.59 Å². The van der Waals surface area contributed by atoms with Crippen LogP contribution in [0, 0.1) is 0 Å². The minimum atomic E-state index is -1.04. The van der Waals surface area contributed by atoms with Crippen molar-refractivity contribution in [1.29, 1.82) is 0 Å². The number of aliphatic carboxylic acids is 1. The van der Waals surface area contributed by atoms with E-state index in [1.54, 1.807) is 14.0 Å². The lowest BCUT2D eigenvalue weighted by molar-refractivity contribution is -0.150. The summed E-state index contributed by atoms with van der Waals surface area (Å²) in [4.78, 5) is 25.1. The van der Waals surface area contributed by atoms with Crippen LogP contribution in [0.4, 0.5) is 0 Å². The van der Waals surface area contributed by atoms with Gasteiger partial charge in [-0.15, -0.1) is 0 Å². The third-order valence-corrected chi connectivity index (χ3v) is 4.13. The summed E-state index contributed by atoms with van der Waals surface area (Å²) in [6.07, 6.45) is -0.158. The number of nitrogens with zero attached hydrogens (tertiary/aromatic N) is 1. The molecule has 1 unspecified atom stereocenters. The van der Waals surface area contributed by atoms with Crippen LogP contribution in [0.1, 0.15) is 18.1 Å². The molecule has 0 spiro atoms. The van der Waals surface area contributed by atoms with E-state index in [1.807, 2.05) is 54.6 Å². The van der Waals surface area contributed by atoms with Gasteiger partial charge in [0.15, 0.2) is 0 Å². The van der Waals surface area contributed by atoms with Gasteiger partial charge < -0.3 is 19.5 Å². The molecule has 1 N–H and O–H groups in total. The van der Waals surface area contributed by atoms with Gasteiger partial charge in [0, 0.05) is 6.54 Å². The fraction of sp³-hybridized carbons (Fsp3) is 0.333. The van der Waals surface area contributed by atoms with Crippen LogP contribution in [-0.4, -0.2) is 48.2 Å². The predicted octanol–water partition coefficient (Wildman–Crippen LogP) is 2.76. The summed E-state index contributed by atoms with van der Waals surface area (Å²) in [5, 5.41) is 9.13. The second-order valence-corrected chi connectivity index (χ2v) is 6.19. The van der Waals surface area contributed by atoms with Crippen molar-refractivity contribution in [2.45, 2.75) is 26.1 Å². The second-order valence-electron chi connectivity index (χ2n) is 6.19. The van der Waals surface area contributed by atoms with Crippen LogP contribution in [0.15, 0.2) is 54.6 Å². The number of methoxy groups -OCH3 is 1. The number of carbonyl (C=O) groups is 2. The van der Waals surface area contributed by atoms with E-state index in [4.69, 9.17) is 14.6 Å². The minimum absolute atomic E-state index is 0.240. The Hall–Kier alpha value is -2.86. The molecule has 0 aromatic heterocycles. The first-order chi connectivity index (χ1) is 13.0. The average Bonchev–Trinajstić information content (AvgIpc) is 2.69. The molecule has 0 aliphatic carbocycles. The number of ether oxygens (including phenoxy) is 2. The number of carbonyl (C=O) groups excluding carboxylic acids is 1. The lowest BCUT2D eigenvalue weighted by Crippen LogP contribution is -2.43. The highest BCUT2D eigenvalue weighted by Crippen LogP contribution is 2.14. The molecule has 2 aromatic rings. The van der Waals surface area contributed by atoms with Crippen molar-refractivity contribution >= 4 is 11.9 Å². The summed E-state index contributed by atoms with van der Waals surface area (Å²) < 4.78 is 10.8. The molecular weight excluding hydrogens is 346 g/mol. The number of benzene rings is 2. The Labute approximate surface area is 159 Å². The summed E-state index contributed by atoms with van der Waals surface area (Å²) in [6, 6.07) is 17.0. The SMILES string of the molecule is COc1cccc(COC(C)C(=O)N(CCc2ccccc2)CC(=O)O)c1. The fourth-order valence-corrected chi connectivity index (χ4v) is 2.65. The standard InChI is InChI=1S/C21H25NO5/c1-16(27-15-18-9-6-10-19(13-18)26-2)21(25)22(14-20(23)24)12-11-17-7-4-3-5-8-17/h3-10,13,16H,11-12,14-15H2,1-2H3,(H,23,24). The smallest absolute Gasteiger partial charge is 0.323 e. The van der Waals surface area contributed by atoms with Crippen molar-refractivity contribution in [3.8, 4) is 5.75 Å². The number of hydrogen-bond donors (Lipinski definition) is 1. The summed E-state index contributed by atoms with van der Waals surface area (Å²) in [6.45, 7) is 1.85. The Morgan fingerprint density at radius 3 is 2.44 bits per heavy atom. The number of carboxylic acids is 1. The van der Waals surface area contributed by atoms with Gasteiger partial charge in [-0.05, 0) is 36.6 Å². The molecule has 1 atom stereocenters. The fourth-order valence-electron chi connectivity index (χ4n) is 2.65.